The Bertz CT molecular complexity index is 592. The van der Waals surface area contributed by atoms with Crippen LogP contribution in [-0.2, 0) is 6.54 Å². The van der Waals surface area contributed by atoms with Crippen molar-refractivity contribution in [3.63, 3.8) is 0 Å². The first-order chi connectivity index (χ1) is 9.60. The third-order valence-corrected chi connectivity index (χ3v) is 3.79. The normalized spacial score (nSPS) is 10.3. The number of hydrogen-bond acceptors (Lipinski definition) is 5. The quantitative estimate of drug-likeness (QED) is 0.790. The molecular formula is C14H18N4OS. The summed E-state index contributed by atoms with van der Waals surface area (Å²) >= 11 is 1.27. The van der Waals surface area contributed by atoms with E-state index in [1.54, 1.807) is 0 Å². The lowest BCUT2D eigenvalue weighted by atomic mass is 10.1. The second-order valence-electron chi connectivity index (χ2n) is 4.43. The van der Waals surface area contributed by atoms with Crippen LogP contribution < -0.4 is 16.4 Å². The van der Waals surface area contributed by atoms with E-state index in [1.165, 1.54) is 16.9 Å². The monoisotopic (exact) mass is 290 g/mol. The van der Waals surface area contributed by atoms with Gasteiger partial charge in [-0.3, -0.25) is 4.79 Å². The van der Waals surface area contributed by atoms with Crippen molar-refractivity contribution < 1.29 is 4.79 Å². The smallest absolute Gasteiger partial charge is 0.265 e. The lowest BCUT2D eigenvalue weighted by molar-refractivity contribution is 0.0955. The predicted molar refractivity (Wildman–Crippen MR) is 83.0 cm³/mol. The van der Waals surface area contributed by atoms with Crippen molar-refractivity contribution in [3.05, 3.63) is 40.3 Å². The first-order valence-electron chi connectivity index (χ1n) is 6.44. The number of hydrogen-bond donors (Lipinski definition) is 3. The number of amides is 1. The number of aryl methyl sites for hydroxylation is 1. The fourth-order valence-corrected chi connectivity index (χ4v) is 2.56. The van der Waals surface area contributed by atoms with E-state index in [4.69, 9.17) is 5.73 Å². The van der Waals surface area contributed by atoms with Gasteiger partial charge >= 0.3 is 0 Å². The van der Waals surface area contributed by atoms with Crippen LogP contribution >= 0.6 is 11.3 Å². The number of rotatable bonds is 5. The molecule has 0 fully saturated rings. The lowest BCUT2D eigenvalue weighted by Gasteiger charge is -2.04. The molecule has 0 aliphatic carbocycles. The van der Waals surface area contributed by atoms with Crippen molar-refractivity contribution in [2.24, 2.45) is 0 Å². The van der Waals surface area contributed by atoms with E-state index in [0.717, 1.165) is 12.1 Å². The molecule has 1 amide bonds. The second-order valence-corrected chi connectivity index (χ2v) is 5.43. The van der Waals surface area contributed by atoms with Gasteiger partial charge < -0.3 is 16.4 Å². The van der Waals surface area contributed by atoms with Gasteiger partial charge in [0.05, 0.1) is 0 Å². The molecule has 2 rings (SSSR count). The molecule has 1 aromatic heterocycles. The predicted octanol–water partition coefficient (Wildman–Crippen LogP) is 2.40. The molecule has 0 radical (unpaired) electrons. The van der Waals surface area contributed by atoms with Gasteiger partial charge in [0.25, 0.3) is 5.91 Å². The minimum atomic E-state index is -0.190. The van der Waals surface area contributed by atoms with Crippen LogP contribution in [0, 0.1) is 6.92 Å². The zero-order valence-electron chi connectivity index (χ0n) is 11.6. The van der Waals surface area contributed by atoms with Crippen LogP contribution in [0.2, 0.25) is 0 Å². The van der Waals surface area contributed by atoms with E-state index in [-0.39, 0.29) is 11.7 Å². The van der Waals surface area contributed by atoms with E-state index in [9.17, 15) is 4.79 Å². The van der Waals surface area contributed by atoms with Crippen molar-refractivity contribution in [2.45, 2.75) is 20.4 Å². The van der Waals surface area contributed by atoms with Gasteiger partial charge in [-0.2, -0.15) is 0 Å². The number of benzene rings is 1. The molecule has 2 aromatic rings. The third kappa shape index (κ3) is 3.48. The topological polar surface area (TPSA) is 80.0 Å². The Morgan fingerprint density at radius 1 is 1.35 bits per heavy atom. The molecule has 106 valence electrons. The molecule has 1 heterocycles. The van der Waals surface area contributed by atoms with Gasteiger partial charge in [0.2, 0.25) is 0 Å². The Hall–Kier alpha value is -2.08. The Balaban J connectivity index is 1.99. The van der Waals surface area contributed by atoms with E-state index in [1.807, 2.05) is 38.1 Å². The maximum Gasteiger partial charge on any atom is 0.265 e. The zero-order valence-corrected chi connectivity index (χ0v) is 12.4. The SMILES string of the molecule is CCNc1nc(N)c(C(=O)NCc2ccc(C)cc2)s1. The van der Waals surface area contributed by atoms with Crippen LogP contribution in [0.1, 0.15) is 27.7 Å². The Morgan fingerprint density at radius 2 is 2.05 bits per heavy atom. The van der Waals surface area contributed by atoms with E-state index < -0.39 is 0 Å². The number of nitrogen functional groups attached to an aromatic ring is 1. The largest absolute Gasteiger partial charge is 0.382 e. The van der Waals surface area contributed by atoms with Gasteiger partial charge in [-0.15, -0.1) is 0 Å². The van der Waals surface area contributed by atoms with Gasteiger partial charge in [0.15, 0.2) is 5.13 Å². The van der Waals surface area contributed by atoms with Crippen LogP contribution in [0.3, 0.4) is 0 Å². The van der Waals surface area contributed by atoms with Crippen molar-refractivity contribution in [3.8, 4) is 0 Å². The van der Waals surface area contributed by atoms with Crippen molar-refractivity contribution >= 4 is 28.2 Å². The Kier molecular flexibility index (Phi) is 4.57. The molecule has 5 nitrogen and oxygen atoms in total. The van der Waals surface area contributed by atoms with Gasteiger partial charge in [0.1, 0.15) is 10.7 Å². The molecule has 0 atom stereocenters. The van der Waals surface area contributed by atoms with Crippen LogP contribution in [0.4, 0.5) is 10.9 Å². The summed E-state index contributed by atoms with van der Waals surface area (Å²) in [5.41, 5.74) is 8.01. The first-order valence-corrected chi connectivity index (χ1v) is 7.25. The van der Waals surface area contributed by atoms with E-state index in [0.29, 0.717) is 16.6 Å². The number of thiazole rings is 1. The van der Waals surface area contributed by atoms with Crippen molar-refractivity contribution in [1.29, 1.82) is 0 Å². The van der Waals surface area contributed by atoms with Crippen molar-refractivity contribution in [2.75, 3.05) is 17.6 Å². The summed E-state index contributed by atoms with van der Waals surface area (Å²) in [7, 11) is 0. The highest BCUT2D eigenvalue weighted by molar-refractivity contribution is 7.18. The average molecular weight is 290 g/mol. The average Bonchev–Trinajstić information content (AvgIpc) is 2.79. The number of nitrogens with one attached hydrogen (secondary N) is 2. The molecule has 6 heteroatoms. The highest BCUT2D eigenvalue weighted by Crippen LogP contribution is 2.24. The highest BCUT2D eigenvalue weighted by atomic mass is 32.1. The fraction of sp³-hybridized carbons (Fsp3) is 0.286. The van der Waals surface area contributed by atoms with Crippen molar-refractivity contribution in [1.82, 2.24) is 10.3 Å². The van der Waals surface area contributed by atoms with Crippen LogP contribution in [-0.4, -0.2) is 17.4 Å². The summed E-state index contributed by atoms with van der Waals surface area (Å²) in [4.78, 5) is 16.6. The Morgan fingerprint density at radius 3 is 2.70 bits per heavy atom. The number of nitrogens with two attached hydrogens (primary N) is 1. The number of carbonyl (C=O) groups is 1. The minimum absolute atomic E-state index is 0.190. The van der Waals surface area contributed by atoms with Crippen LogP contribution in [0.15, 0.2) is 24.3 Å². The molecule has 0 saturated heterocycles. The molecule has 0 aliphatic rings. The summed E-state index contributed by atoms with van der Waals surface area (Å²) in [6.07, 6.45) is 0. The van der Waals surface area contributed by atoms with E-state index in [2.05, 4.69) is 15.6 Å². The minimum Gasteiger partial charge on any atom is -0.382 e. The first kappa shape index (κ1) is 14.3. The standard InChI is InChI=1S/C14H18N4OS/c1-3-16-14-18-12(15)11(20-14)13(19)17-8-10-6-4-9(2)5-7-10/h4-7H,3,8,15H2,1-2H3,(H,16,18)(H,17,19). The van der Waals surface area contributed by atoms with Crippen LogP contribution in [0.5, 0.6) is 0 Å². The number of carbonyl (C=O) groups excluding carboxylic acids is 1. The van der Waals surface area contributed by atoms with Gasteiger partial charge in [-0.25, -0.2) is 4.98 Å². The summed E-state index contributed by atoms with van der Waals surface area (Å²) in [5.74, 6) is 0.0806. The van der Waals surface area contributed by atoms with E-state index >= 15 is 0 Å². The molecule has 1 aromatic carbocycles. The lowest BCUT2D eigenvalue weighted by Crippen LogP contribution is -2.22. The molecule has 4 N–H and O–H groups in total. The summed E-state index contributed by atoms with van der Waals surface area (Å²) in [6.45, 7) is 5.22. The van der Waals surface area contributed by atoms with Gasteiger partial charge in [-0.1, -0.05) is 41.2 Å². The molecule has 20 heavy (non-hydrogen) atoms. The van der Waals surface area contributed by atoms with Gasteiger partial charge in [0, 0.05) is 13.1 Å². The third-order valence-electron chi connectivity index (χ3n) is 2.76. The number of anilines is 2. The summed E-state index contributed by atoms with van der Waals surface area (Å²) < 4.78 is 0. The summed E-state index contributed by atoms with van der Waals surface area (Å²) in [6, 6.07) is 8.03. The zero-order chi connectivity index (χ0) is 14.5. The Labute approximate surface area is 122 Å². The molecule has 0 bridgehead atoms. The second kappa shape index (κ2) is 6.38. The maximum absolute atomic E-state index is 12.1. The summed E-state index contributed by atoms with van der Waals surface area (Å²) in [5, 5.41) is 6.58. The maximum atomic E-state index is 12.1. The fourth-order valence-electron chi connectivity index (χ4n) is 1.69. The molecule has 0 unspecified atom stereocenters. The number of aromatic nitrogens is 1. The van der Waals surface area contributed by atoms with Crippen LogP contribution in [0.25, 0.3) is 0 Å². The molecule has 0 aliphatic heterocycles. The molecule has 0 spiro atoms. The molecule has 0 saturated carbocycles. The molecular weight excluding hydrogens is 272 g/mol. The van der Waals surface area contributed by atoms with Gasteiger partial charge in [-0.05, 0) is 19.4 Å². The highest BCUT2D eigenvalue weighted by Gasteiger charge is 2.15. The number of nitrogens with zero attached hydrogens (tertiary/aromatic N) is 1.